The van der Waals surface area contributed by atoms with Crippen LogP contribution < -0.4 is 10.1 Å². The van der Waals surface area contributed by atoms with E-state index in [1.807, 2.05) is 17.9 Å². The van der Waals surface area contributed by atoms with E-state index < -0.39 is 0 Å². The number of carbonyl (C=O) groups is 1. The van der Waals surface area contributed by atoms with Crippen molar-refractivity contribution in [1.82, 2.24) is 4.90 Å². The Bertz CT molecular complexity index is 459. The van der Waals surface area contributed by atoms with Crippen LogP contribution in [0.25, 0.3) is 0 Å². The zero-order chi connectivity index (χ0) is 13.8. The molecular formula is C14H19ClN2O2. The van der Waals surface area contributed by atoms with Crippen molar-refractivity contribution in [1.29, 1.82) is 0 Å². The minimum atomic E-state index is -0.246. The van der Waals surface area contributed by atoms with Gasteiger partial charge in [0.15, 0.2) is 0 Å². The molecule has 104 valence electrons. The highest BCUT2D eigenvalue weighted by molar-refractivity contribution is 6.32. The first-order valence-electron chi connectivity index (χ1n) is 6.50. The third kappa shape index (κ3) is 3.32. The lowest BCUT2D eigenvalue weighted by Gasteiger charge is -2.22. The molecule has 19 heavy (non-hydrogen) atoms. The number of hydrogen-bond donors (Lipinski definition) is 1. The summed E-state index contributed by atoms with van der Waals surface area (Å²) in [5.74, 6) is 0.749. The first-order valence-corrected chi connectivity index (χ1v) is 6.88. The second kappa shape index (κ2) is 6.15. The van der Waals surface area contributed by atoms with E-state index in [-0.39, 0.29) is 11.9 Å². The summed E-state index contributed by atoms with van der Waals surface area (Å²) in [5.41, 5.74) is 0.835. The number of amides is 1. The Hall–Kier alpha value is -1.42. The van der Waals surface area contributed by atoms with Crippen molar-refractivity contribution in [2.45, 2.75) is 25.8 Å². The zero-order valence-corrected chi connectivity index (χ0v) is 12.0. The van der Waals surface area contributed by atoms with Gasteiger partial charge < -0.3 is 15.0 Å². The maximum atomic E-state index is 12.2. The molecular weight excluding hydrogens is 264 g/mol. The summed E-state index contributed by atoms with van der Waals surface area (Å²) in [6.45, 7) is 3.62. The SMILES string of the molecule is COc1cc(NC(C)C(=O)N2CCCC2)ccc1Cl. The average molecular weight is 283 g/mol. The lowest BCUT2D eigenvalue weighted by molar-refractivity contribution is -0.130. The van der Waals surface area contributed by atoms with Crippen molar-refractivity contribution in [3.05, 3.63) is 23.2 Å². The standard InChI is InChI=1S/C14H19ClN2O2/c1-10(14(18)17-7-3-4-8-17)16-11-5-6-12(15)13(9-11)19-2/h5-6,9-10,16H,3-4,7-8H2,1-2H3. The fourth-order valence-electron chi connectivity index (χ4n) is 2.27. The van der Waals surface area contributed by atoms with Crippen LogP contribution in [0.15, 0.2) is 18.2 Å². The van der Waals surface area contributed by atoms with E-state index in [2.05, 4.69) is 5.32 Å². The Kier molecular flexibility index (Phi) is 4.53. The number of benzene rings is 1. The number of anilines is 1. The van der Waals surface area contributed by atoms with Crippen LogP contribution >= 0.6 is 11.6 Å². The van der Waals surface area contributed by atoms with Crippen LogP contribution in [-0.2, 0) is 4.79 Å². The van der Waals surface area contributed by atoms with E-state index in [9.17, 15) is 4.79 Å². The highest BCUT2D eigenvalue weighted by Crippen LogP contribution is 2.27. The largest absolute Gasteiger partial charge is 0.495 e. The molecule has 0 spiro atoms. The Balaban J connectivity index is 2.01. The summed E-state index contributed by atoms with van der Waals surface area (Å²) in [6.07, 6.45) is 2.21. The van der Waals surface area contributed by atoms with Gasteiger partial charge in [0.1, 0.15) is 11.8 Å². The molecule has 1 aromatic rings. The van der Waals surface area contributed by atoms with Crippen molar-refractivity contribution in [3.8, 4) is 5.75 Å². The highest BCUT2D eigenvalue weighted by atomic mass is 35.5. The molecule has 1 saturated heterocycles. The molecule has 1 heterocycles. The fraction of sp³-hybridized carbons (Fsp3) is 0.500. The first-order chi connectivity index (χ1) is 9.11. The summed E-state index contributed by atoms with van der Waals surface area (Å²) in [5, 5.41) is 3.75. The number of methoxy groups -OCH3 is 1. The van der Waals surface area contributed by atoms with E-state index in [1.165, 1.54) is 0 Å². The van der Waals surface area contributed by atoms with E-state index in [1.54, 1.807) is 19.2 Å². The monoisotopic (exact) mass is 282 g/mol. The third-order valence-electron chi connectivity index (χ3n) is 3.32. The van der Waals surface area contributed by atoms with Crippen molar-refractivity contribution in [3.63, 3.8) is 0 Å². The smallest absolute Gasteiger partial charge is 0.244 e. The van der Waals surface area contributed by atoms with Crippen LogP contribution in [-0.4, -0.2) is 37.0 Å². The minimum Gasteiger partial charge on any atom is -0.495 e. The molecule has 5 heteroatoms. The molecule has 1 fully saturated rings. The molecule has 4 nitrogen and oxygen atoms in total. The molecule has 1 atom stereocenters. The first kappa shape index (κ1) is 14.0. The second-order valence-electron chi connectivity index (χ2n) is 4.75. The molecule has 0 aromatic heterocycles. The summed E-state index contributed by atoms with van der Waals surface area (Å²) in [6, 6.07) is 5.16. The van der Waals surface area contributed by atoms with Crippen molar-refractivity contribution in [2.24, 2.45) is 0 Å². The molecule has 0 saturated carbocycles. The van der Waals surface area contributed by atoms with Crippen molar-refractivity contribution >= 4 is 23.2 Å². The summed E-state index contributed by atoms with van der Waals surface area (Å²) in [4.78, 5) is 14.1. The van der Waals surface area contributed by atoms with Gasteiger partial charge in [-0.15, -0.1) is 0 Å². The van der Waals surface area contributed by atoms with Crippen LogP contribution in [0.1, 0.15) is 19.8 Å². The summed E-state index contributed by atoms with van der Waals surface area (Å²) in [7, 11) is 1.57. The van der Waals surface area contributed by atoms with Gasteiger partial charge in [0.05, 0.1) is 12.1 Å². The molecule has 1 amide bonds. The van der Waals surface area contributed by atoms with E-state index in [4.69, 9.17) is 16.3 Å². The predicted octanol–water partition coefficient (Wildman–Crippen LogP) is 2.77. The molecule has 1 unspecified atom stereocenters. The Morgan fingerprint density at radius 1 is 1.42 bits per heavy atom. The maximum absolute atomic E-state index is 12.2. The van der Waals surface area contributed by atoms with Gasteiger partial charge in [-0.25, -0.2) is 0 Å². The van der Waals surface area contributed by atoms with Crippen LogP contribution in [0.4, 0.5) is 5.69 Å². The van der Waals surface area contributed by atoms with Gasteiger partial charge in [0, 0.05) is 24.8 Å². The van der Waals surface area contributed by atoms with Gasteiger partial charge >= 0.3 is 0 Å². The van der Waals surface area contributed by atoms with Crippen LogP contribution in [0.3, 0.4) is 0 Å². The highest BCUT2D eigenvalue weighted by Gasteiger charge is 2.23. The molecule has 0 bridgehead atoms. The van der Waals surface area contributed by atoms with Crippen LogP contribution in [0.2, 0.25) is 5.02 Å². The Labute approximate surface area is 118 Å². The van der Waals surface area contributed by atoms with Gasteiger partial charge in [-0.1, -0.05) is 11.6 Å². The summed E-state index contributed by atoms with van der Waals surface area (Å²) >= 11 is 5.97. The van der Waals surface area contributed by atoms with Gasteiger partial charge in [0.25, 0.3) is 0 Å². The average Bonchev–Trinajstić information content (AvgIpc) is 2.94. The van der Waals surface area contributed by atoms with Gasteiger partial charge in [-0.05, 0) is 31.9 Å². The Morgan fingerprint density at radius 3 is 2.74 bits per heavy atom. The molecule has 1 aliphatic rings. The molecule has 0 aliphatic carbocycles. The van der Waals surface area contributed by atoms with Crippen LogP contribution in [0.5, 0.6) is 5.75 Å². The van der Waals surface area contributed by atoms with Gasteiger partial charge in [-0.2, -0.15) is 0 Å². The van der Waals surface area contributed by atoms with E-state index in [0.717, 1.165) is 31.6 Å². The van der Waals surface area contributed by atoms with Crippen LogP contribution in [0, 0.1) is 0 Å². The predicted molar refractivity (Wildman–Crippen MR) is 76.9 cm³/mol. The minimum absolute atomic E-state index is 0.145. The lowest BCUT2D eigenvalue weighted by atomic mass is 10.2. The molecule has 0 radical (unpaired) electrons. The Morgan fingerprint density at radius 2 is 2.11 bits per heavy atom. The molecule has 1 aliphatic heterocycles. The molecule has 2 rings (SSSR count). The van der Waals surface area contributed by atoms with Gasteiger partial charge in [0.2, 0.25) is 5.91 Å². The number of likely N-dealkylation sites (tertiary alicyclic amines) is 1. The zero-order valence-electron chi connectivity index (χ0n) is 11.3. The number of nitrogens with one attached hydrogen (secondary N) is 1. The maximum Gasteiger partial charge on any atom is 0.244 e. The quantitative estimate of drug-likeness (QED) is 0.923. The number of nitrogens with zero attached hydrogens (tertiary/aromatic N) is 1. The van der Waals surface area contributed by atoms with Gasteiger partial charge in [-0.3, -0.25) is 4.79 Å². The second-order valence-corrected chi connectivity index (χ2v) is 5.15. The van der Waals surface area contributed by atoms with E-state index >= 15 is 0 Å². The fourth-order valence-corrected chi connectivity index (χ4v) is 2.47. The number of ether oxygens (including phenoxy) is 1. The number of carbonyl (C=O) groups excluding carboxylic acids is 1. The number of hydrogen-bond acceptors (Lipinski definition) is 3. The van der Waals surface area contributed by atoms with Crippen molar-refractivity contribution < 1.29 is 9.53 Å². The topological polar surface area (TPSA) is 41.6 Å². The summed E-state index contributed by atoms with van der Waals surface area (Å²) < 4.78 is 5.16. The molecule has 1 aromatic carbocycles. The number of rotatable bonds is 4. The number of halogens is 1. The normalized spacial score (nSPS) is 16.3. The molecule has 1 N–H and O–H groups in total. The lowest BCUT2D eigenvalue weighted by Crippen LogP contribution is -2.39. The van der Waals surface area contributed by atoms with Crippen molar-refractivity contribution in [2.75, 3.05) is 25.5 Å². The third-order valence-corrected chi connectivity index (χ3v) is 3.63. The van der Waals surface area contributed by atoms with E-state index in [0.29, 0.717) is 10.8 Å².